The van der Waals surface area contributed by atoms with Gasteiger partial charge in [-0.2, -0.15) is 10.2 Å². The van der Waals surface area contributed by atoms with Crippen LogP contribution in [0.5, 0.6) is 0 Å². The second-order valence-electron chi connectivity index (χ2n) is 12.2. The van der Waals surface area contributed by atoms with Crippen LogP contribution in [0.15, 0.2) is 24.5 Å². The summed E-state index contributed by atoms with van der Waals surface area (Å²) < 4.78 is 32.8. The molecule has 2 aromatic heterocycles. The van der Waals surface area contributed by atoms with Crippen LogP contribution in [0, 0.1) is 5.41 Å². The molecule has 3 aliphatic heterocycles. The first-order valence-corrected chi connectivity index (χ1v) is 14.6. The molecule has 1 aliphatic carbocycles. The highest BCUT2D eigenvalue weighted by Gasteiger charge is 2.47. The van der Waals surface area contributed by atoms with Gasteiger partial charge in [-0.25, -0.2) is 8.78 Å². The number of aromatic nitrogens is 4. The highest BCUT2D eigenvalue weighted by molar-refractivity contribution is 5.78. The standard InChI is InChI=1S/C30H37F2N7O/c1-19(40)37-11-5-26-25(18-37)29(35-39(26)22-14-30(15-22)6-8-33-9-7-30)38-10-3-4-20-12-23(21-16-34-36(2)17-21)24(28(31)32)13-27(20)38/h12-13,16-17,22,28,33H,3-11,14-15,18H2,1-2H3. The molecule has 1 N–H and O–H groups in total. The molecule has 1 aromatic carbocycles. The molecule has 2 fully saturated rings. The number of carbonyl (C=O) groups is 1. The van der Waals surface area contributed by atoms with Gasteiger partial charge in [-0.15, -0.1) is 0 Å². The number of fused-ring (bicyclic) bond motifs is 2. The molecule has 8 nitrogen and oxygen atoms in total. The number of piperidine rings is 1. The zero-order chi connectivity index (χ0) is 27.6. The Morgan fingerprint density at radius 2 is 1.95 bits per heavy atom. The van der Waals surface area contributed by atoms with Crippen molar-refractivity contribution >= 4 is 17.4 Å². The molecule has 1 saturated heterocycles. The normalized spacial score (nSPS) is 20.5. The lowest BCUT2D eigenvalue weighted by molar-refractivity contribution is -0.129. The van der Waals surface area contributed by atoms with Crippen LogP contribution in [0.25, 0.3) is 11.1 Å². The lowest BCUT2D eigenvalue weighted by Gasteiger charge is -2.50. The SMILES string of the molecule is CC(=O)N1CCc2c(c(N3CCCc4cc(-c5cnn(C)c5)c(C(F)F)cc43)nn2C2CC3(CCNCC3)C2)C1. The Labute approximate surface area is 233 Å². The average Bonchev–Trinajstić information content (AvgIpc) is 3.54. The zero-order valence-corrected chi connectivity index (χ0v) is 23.3. The molecule has 0 unspecified atom stereocenters. The minimum atomic E-state index is -2.61. The average molecular weight is 550 g/mol. The van der Waals surface area contributed by atoms with E-state index in [4.69, 9.17) is 5.10 Å². The Bertz CT molecular complexity index is 1450. The highest BCUT2D eigenvalue weighted by atomic mass is 19.3. The predicted molar refractivity (Wildman–Crippen MR) is 149 cm³/mol. The molecule has 1 saturated carbocycles. The molecule has 0 bridgehead atoms. The summed E-state index contributed by atoms with van der Waals surface area (Å²) in [5, 5.41) is 13.0. The number of hydrogen-bond acceptors (Lipinski definition) is 5. The van der Waals surface area contributed by atoms with E-state index >= 15 is 0 Å². The second kappa shape index (κ2) is 9.68. The summed E-state index contributed by atoms with van der Waals surface area (Å²) in [7, 11) is 1.80. The number of nitrogens with one attached hydrogen (secondary N) is 1. The fourth-order valence-electron chi connectivity index (χ4n) is 7.55. The molecule has 1 spiro atoms. The minimum Gasteiger partial charge on any atom is -0.338 e. The third-order valence-corrected chi connectivity index (χ3v) is 9.73. The van der Waals surface area contributed by atoms with Crippen LogP contribution in [0.1, 0.15) is 73.9 Å². The number of benzene rings is 1. The molecule has 1 amide bonds. The Kier molecular flexibility index (Phi) is 6.21. The fraction of sp³-hybridized carbons (Fsp3) is 0.567. The van der Waals surface area contributed by atoms with Crippen molar-refractivity contribution in [2.24, 2.45) is 12.5 Å². The van der Waals surface area contributed by atoms with Crippen molar-refractivity contribution in [1.82, 2.24) is 29.8 Å². The first-order chi connectivity index (χ1) is 19.3. The minimum absolute atomic E-state index is 0.0177. The van der Waals surface area contributed by atoms with Gasteiger partial charge in [0, 0.05) is 67.8 Å². The molecule has 0 atom stereocenters. The second-order valence-corrected chi connectivity index (χ2v) is 12.2. The van der Waals surface area contributed by atoms with E-state index in [0.29, 0.717) is 42.2 Å². The van der Waals surface area contributed by atoms with Crippen LogP contribution in [0.2, 0.25) is 0 Å². The van der Waals surface area contributed by atoms with Crippen molar-refractivity contribution in [2.45, 2.75) is 70.9 Å². The van der Waals surface area contributed by atoms with Crippen LogP contribution >= 0.6 is 0 Å². The molecule has 212 valence electrons. The van der Waals surface area contributed by atoms with Crippen LogP contribution in [-0.2, 0) is 31.2 Å². The maximum atomic E-state index is 14.5. The van der Waals surface area contributed by atoms with Crippen molar-refractivity contribution in [2.75, 3.05) is 31.1 Å². The first-order valence-electron chi connectivity index (χ1n) is 14.6. The van der Waals surface area contributed by atoms with Gasteiger partial charge < -0.3 is 15.1 Å². The molecule has 4 aliphatic rings. The number of nitrogens with zero attached hydrogens (tertiary/aromatic N) is 6. The van der Waals surface area contributed by atoms with E-state index in [1.165, 1.54) is 18.5 Å². The summed E-state index contributed by atoms with van der Waals surface area (Å²) in [4.78, 5) is 16.4. The quantitative estimate of drug-likeness (QED) is 0.501. The topological polar surface area (TPSA) is 71.2 Å². The Morgan fingerprint density at radius 1 is 1.15 bits per heavy atom. The smallest absolute Gasteiger partial charge is 0.264 e. The number of alkyl halides is 2. The predicted octanol–water partition coefficient (Wildman–Crippen LogP) is 4.91. The van der Waals surface area contributed by atoms with Gasteiger partial charge in [-0.1, -0.05) is 0 Å². The summed E-state index contributed by atoms with van der Waals surface area (Å²) in [6, 6.07) is 3.96. The monoisotopic (exact) mass is 549 g/mol. The molecule has 40 heavy (non-hydrogen) atoms. The van der Waals surface area contributed by atoms with Crippen LogP contribution < -0.4 is 10.2 Å². The van der Waals surface area contributed by atoms with Crippen molar-refractivity contribution in [1.29, 1.82) is 0 Å². The number of hydrogen-bond donors (Lipinski definition) is 1. The van der Waals surface area contributed by atoms with Gasteiger partial charge in [0.25, 0.3) is 6.43 Å². The van der Waals surface area contributed by atoms with E-state index in [-0.39, 0.29) is 11.5 Å². The fourth-order valence-corrected chi connectivity index (χ4v) is 7.55. The van der Waals surface area contributed by atoms with Gasteiger partial charge in [-0.3, -0.25) is 14.2 Å². The number of rotatable bonds is 4. The van der Waals surface area contributed by atoms with E-state index in [0.717, 1.165) is 67.8 Å². The summed E-state index contributed by atoms with van der Waals surface area (Å²) in [6.45, 7) is 5.71. The number of halogens is 2. The van der Waals surface area contributed by atoms with E-state index in [2.05, 4.69) is 20.0 Å². The van der Waals surface area contributed by atoms with Gasteiger partial charge >= 0.3 is 0 Å². The first kappa shape index (κ1) is 25.7. The molecule has 7 rings (SSSR count). The summed E-state index contributed by atoms with van der Waals surface area (Å²) in [5.74, 6) is 0.893. The Balaban J connectivity index is 1.30. The summed E-state index contributed by atoms with van der Waals surface area (Å²) in [5.41, 5.74) is 5.84. The van der Waals surface area contributed by atoms with Crippen molar-refractivity contribution in [3.63, 3.8) is 0 Å². The molecule has 3 aromatic rings. The number of anilines is 2. The molecule has 10 heteroatoms. The molecular weight excluding hydrogens is 512 g/mol. The Morgan fingerprint density at radius 3 is 2.65 bits per heavy atom. The van der Waals surface area contributed by atoms with E-state index in [9.17, 15) is 13.6 Å². The number of aryl methyl sites for hydroxylation is 2. The molecule has 5 heterocycles. The zero-order valence-electron chi connectivity index (χ0n) is 23.3. The van der Waals surface area contributed by atoms with Gasteiger partial charge in [0.2, 0.25) is 5.91 Å². The summed E-state index contributed by atoms with van der Waals surface area (Å²) >= 11 is 0. The highest BCUT2D eigenvalue weighted by Crippen LogP contribution is 2.55. The van der Waals surface area contributed by atoms with Crippen molar-refractivity contribution in [3.8, 4) is 11.1 Å². The number of carbonyl (C=O) groups excluding carboxylic acids is 1. The maximum Gasteiger partial charge on any atom is 0.264 e. The van der Waals surface area contributed by atoms with Gasteiger partial charge in [-0.05, 0) is 80.3 Å². The Hall–Kier alpha value is -3.27. The van der Waals surface area contributed by atoms with E-state index < -0.39 is 6.43 Å². The maximum absolute atomic E-state index is 14.5. The third-order valence-electron chi connectivity index (χ3n) is 9.73. The van der Waals surface area contributed by atoms with Gasteiger partial charge in [0.05, 0.1) is 18.8 Å². The van der Waals surface area contributed by atoms with Crippen molar-refractivity contribution in [3.05, 3.63) is 46.9 Å². The van der Waals surface area contributed by atoms with Crippen molar-refractivity contribution < 1.29 is 13.6 Å². The van der Waals surface area contributed by atoms with Gasteiger partial charge in [0.15, 0.2) is 5.82 Å². The summed E-state index contributed by atoms with van der Waals surface area (Å²) in [6.07, 6.45) is 8.04. The number of amides is 1. The van der Waals surface area contributed by atoms with Gasteiger partial charge in [0.1, 0.15) is 0 Å². The lowest BCUT2D eigenvalue weighted by atomic mass is 9.60. The van der Waals surface area contributed by atoms with Crippen LogP contribution in [-0.4, -0.2) is 56.5 Å². The third kappa shape index (κ3) is 4.22. The lowest BCUT2D eigenvalue weighted by Crippen LogP contribution is -2.46. The van der Waals surface area contributed by atoms with E-state index in [1.807, 2.05) is 11.0 Å². The van der Waals surface area contributed by atoms with Crippen LogP contribution in [0.3, 0.4) is 0 Å². The van der Waals surface area contributed by atoms with E-state index in [1.54, 1.807) is 37.1 Å². The molecule has 0 radical (unpaired) electrons. The van der Waals surface area contributed by atoms with Crippen LogP contribution in [0.4, 0.5) is 20.3 Å². The molecular formula is C30H37F2N7O. The largest absolute Gasteiger partial charge is 0.338 e.